The maximum atomic E-state index is 14.0. The van der Waals surface area contributed by atoms with Gasteiger partial charge in [0, 0.05) is 31.9 Å². The molecule has 1 aliphatic carbocycles. The van der Waals surface area contributed by atoms with Crippen molar-refractivity contribution in [1.29, 1.82) is 0 Å². The lowest BCUT2D eigenvalue weighted by atomic mass is 9.94. The Hall–Kier alpha value is -3.56. The molecule has 2 aliphatic rings. The zero-order valence-corrected chi connectivity index (χ0v) is 23.6. The van der Waals surface area contributed by atoms with Gasteiger partial charge >= 0.3 is 18.5 Å². The molecule has 1 aromatic heterocycles. The number of hydrogen-bond acceptors (Lipinski definition) is 6. The van der Waals surface area contributed by atoms with Gasteiger partial charge < -0.3 is 15.5 Å². The van der Waals surface area contributed by atoms with E-state index in [-0.39, 0.29) is 36.2 Å². The Balaban J connectivity index is 1.66. The lowest BCUT2D eigenvalue weighted by Gasteiger charge is -2.33. The Morgan fingerprint density at radius 3 is 2.11 bits per heavy atom. The molecule has 7 nitrogen and oxygen atoms in total. The van der Waals surface area contributed by atoms with Gasteiger partial charge in [-0.15, -0.1) is 5.10 Å². The second-order valence-corrected chi connectivity index (χ2v) is 11.3. The van der Waals surface area contributed by atoms with Crippen LogP contribution in [0.5, 0.6) is 0 Å². The van der Waals surface area contributed by atoms with E-state index in [9.17, 15) is 39.5 Å². The summed E-state index contributed by atoms with van der Waals surface area (Å²) in [6, 6.07) is 2.99. The third-order valence-electron chi connectivity index (χ3n) is 7.86. The van der Waals surface area contributed by atoms with Crippen molar-refractivity contribution < 1.29 is 39.5 Å². The van der Waals surface area contributed by atoms with Crippen molar-refractivity contribution in [3.63, 3.8) is 0 Å². The Labute approximate surface area is 246 Å². The normalized spacial score (nSPS) is 17.9. The van der Waals surface area contributed by atoms with E-state index in [4.69, 9.17) is 5.73 Å². The van der Waals surface area contributed by atoms with Gasteiger partial charge in [-0.2, -0.15) is 44.3 Å². The number of anilines is 2. The van der Waals surface area contributed by atoms with Gasteiger partial charge in [0.2, 0.25) is 0 Å². The van der Waals surface area contributed by atoms with Crippen molar-refractivity contribution in [3.05, 3.63) is 63.7 Å². The predicted octanol–water partition coefficient (Wildman–Crippen LogP) is 6.75. The maximum absolute atomic E-state index is 14.0. The van der Waals surface area contributed by atoms with Crippen LogP contribution in [0.2, 0.25) is 0 Å². The lowest BCUT2D eigenvalue weighted by Crippen LogP contribution is -2.31. The topological polar surface area (TPSA) is 76.1 Å². The number of hydrogen-bond donors (Lipinski definition) is 1. The van der Waals surface area contributed by atoms with Crippen molar-refractivity contribution in [2.75, 3.05) is 29.4 Å². The van der Waals surface area contributed by atoms with E-state index in [1.54, 1.807) is 0 Å². The first-order valence-corrected chi connectivity index (χ1v) is 14.0. The van der Waals surface area contributed by atoms with Crippen LogP contribution in [0.1, 0.15) is 65.1 Å². The molecule has 2 N–H and O–H groups in total. The van der Waals surface area contributed by atoms with Gasteiger partial charge in [0.15, 0.2) is 0 Å². The fourth-order valence-electron chi connectivity index (χ4n) is 5.63. The van der Waals surface area contributed by atoms with E-state index >= 15 is 0 Å². The Morgan fingerprint density at radius 2 is 1.55 bits per heavy atom. The van der Waals surface area contributed by atoms with Crippen LogP contribution in [0, 0.1) is 12.8 Å². The lowest BCUT2D eigenvalue weighted by molar-refractivity contribution is -0.143. The first-order chi connectivity index (χ1) is 20.5. The van der Waals surface area contributed by atoms with Crippen LogP contribution in [0.25, 0.3) is 0 Å². The summed E-state index contributed by atoms with van der Waals surface area (Å²) in [6.45, 7) is 2.02. The maximum Gasteiger partial charge on any atom is 0.416 e. The zero-order chi connectivity index (χ0) is 32.0. The Bertz CT molecular complexity index is 1440. The molecule has 44 heavy (non-hydrogen) atoms. The molecule has 3 aromatic rings. The molecule has 0 bridgehead atoms. The summed E-state index contributed by atoms with van der Waals surface area (Å²) in [4.78, 5) is 4.46. The minimum atomic E-state index is -5.06. The van der Waals surface area contributed by atoms with Crippen LogP contribution in [-0.4, -0.2) is 39.8 Å². The van der Waals surface area contributed by atoms with Crippen LogP contribution in [0.3, 0.4) is 0 Å². The zero-order valence-electron chi connectivity index (χ0n) is 23.6. The highest BCUT2D eigenvalue weighted by molar-refractivity contribution is 5.62. The van der Waals surface area contributed by atoms with Gasteiger partial charge in [0.05, 0.1) is 29.3 Å². The Kier molecular flexibility index (Phi) is 8.50. The summed E-state index contributed by atoms with van der Waals surface area (Å²) in [5, 5.41) is 12.2. The average molecular weight is 636 g/mol. The van der Waals surface area contributed by atoms with Crippen LogP contribution in [-0.2, 0) is 31.6 Å². The molecule has 0 spiro atoms. The van der Waals surface area contributed by atoms with E-state index in [2.05, 4.69) is 15.4 Å². The highest BCUT2D eigenvalue weighted by Crippen LogP contribution is 2.45. The summed E-state index contributed by atoms with van der Waals surface area (Å²) in [6.07, 6.45) is -12.1. The van der Waals surface area contributed by atoms with E-state index in [1.807, 2.05) is 4.90 Å². The molecule has 2 aromatic carbocycles. The van der Waals surface area contributed by atoms with Crippen molar-refractivity contribution >= 4 is 11.6 Å². The first kappa shape index (κ1) is 31.9. The molecule has 1 atom stereocenters. The molecular formula is C28H30F9N7. The van der Waals surface area contributed by atoms with Gasteiger partial charge in [0.1, 0.15) is 0 Å². The number of halogens is 9. The fraction of sp³-hybridized carbons (Fsp3) is 0.536. The van der Waals surface area contributed by atoms with E-state index in [0.717, 1.165) is 23.7 Å². The number of aromatic nitrogens is 4. The van der Waals surface area contributed by atoms with E-state index in [1.165, 1.54) is 17.9 Å². The summed E-state index contributed by atoms with van der Waals surface area (Å²) >= 11 is 0. The largest absolute Gasteiger partial charge is 0.416 e. The highest BCUT2D eigenvalue weighted by Gasteiger charge is 2.40. The first-order valence-electron chi connectivity index (χ1n) is 14.0. The molecule has 1 aliphatic heterocycles. The highest BCUT2D eigenvalue weighted by atomic mass is 19.4. The molecule has 0 amide bonds. The third kappa shape index (κ3) is 7.05. The summed E-state index contributed by atoms with van der Waals surface area (Å²) in [5.74, 6) is 0.225. The number of nitrogens with two attached hydrogens (primary N) is 1. The number of tetrazole rings is 1. The number of rotatable bonds is 8. The molecule has 1 saturated carbocycles. The molecule has 0 unspecified atom stereocenters. The van der Waals surface area contributed by atoms with Gasteiger partial charge in [-0.25, -0.2) is 0 Å². The molecule has 0 saturated heterocycles. The minimum Gasteiger partial charge on any atom is -0.371 e. The van der Waals surface area contributed by atoms with Crippen molar-refractivity contribution in [3.8, 4) is 0 Å². The molecule has 16 heteroatoms. The quantitative estimate of drug-likeness (QED) is 0.276. The van der Waals surface area contributed by atoms with Gasteiger partial charge in [-0.1, -0.05) is 11.2 Å². The van der Waals surface area contributed by atoms with Crippen LogP contribution in [0.4, 0.5) is 51.1 Å². The molecule has 5 rings (SSSR count). The number of benzene rings is 2. The SMILES string of the molecule is Cc1cc2c(cc1C(F)(F)F)N(CC1CC1)CCC[C@@H]2N(Cc1cc(C(F)(F)F)cc(C(F)(F)F)c1)c1nnn(CCN)n1. The minimum absolute atomic E-state index is 0.0440. The van der Waals surface area contributed by atoms with Crippen molar-refractivity contribution in [2.24, 2.45) is 11.7 Å². The number of fused-ring (bicyclic) bond motifs is 1. The average Bonchev–Trinajstić information content (AvgIpc) is 3.65. The summed E-state index contributed by atoms with van der Waals surface area (Å²) in [5.41, 5.74) is 2.18. The standard InChI is InChI=1S/C28H30F9N7/c1-16-9-21-23(3-2-7-42(14-17-4-5-17)24(21)13-22(16)28(35,36)37)43(25-39-41-44(40-25)8-6-38)15-18-10-19(26(29,30)31)12-20(11-18)27(32,33)34/h9-13,17,23H,2-8,14-15,38H2,1H3/t23-/m0/s1. The molecule has 2 heterocycles. The van der Waals surface area contributed by atoms with Crippen LogP contribution >= 0.6 is 0 Å². The molecule has 0 radical (unpaired) electrons. The fourth-order valence-corrected chi connectivity index (χ4v) is 5.63. The predicted molar refractivity (Wildman–Crippen MR) is 143 cm³/mol. The molecular weight excluding hydrogens is 605 g/mol. The van der Waals surface area contributed by atoms with Crippen molar-refractivity contribution in [1.82, 2.24) is 20.2 Å². The molecule has 1 fully saturated rings. The van der Waals surface area contributed by atoms with Gasteiger partial charge in [-0.05, 0) is 84.7 Å². The van der Waals surface area contributed by atoms with Crippen LogP contribution in [0.15, 0.2) is 30.3 Å². The number of nitrogens with zero attached hydrogens (tertiary/aromatic N) is 6. The van der Waals surface area contributed by atoms with Crippen molar-refractivity contribution in [2.45, 2.75) is 70.3 Å². The van der Waals surface area contributed by atoms with E-state index < -0.39 is 47.8 Å². The Morgan fingerprint density at radius 1 is 0.886 bits per heavy atom. The van der Waals surface area contributed by atoms with Gasteiger partial charge in [-0.3, -0.25) is 0 Å². The third-order valence-corrected chi connectivity index (χ3v) is 7.86. The monoisotopic (exact) mass is 635 g/mol. The summed E-state index contributed by atoms with van der Waals surface area (Å²) < 4.78 is 124. The number of aryl methyl sites for hydroxylation is 1. The smallest absolute Gasteiger partial charge is 0.371 e. The second kappa shape index (κ2) is 11.7. The summed E-state index contributed by atoms with van der Waals surface area (Å²) in [7, 11) is 0. The number of alkyl halides is 9. The van der Waals surface area contributed by atoms with Crippen LogP contribution < -0.4 is 15.5 Å². The van der Waals surface area contributed by atoms with E-state index in [0.29, 0.717) is 55.2 Å². The van der Waals surface area contributed by atoms with Gasteiger partial charge in [0.25, 0.3) is 5.95 Å². The second-order valence-electron chi connectivity index (χ2n) is 11.3. The molecule has 240 valence electrons.